The van der Waals surface area contributed by atoms with Gasteiger partial charge in [0.05, 0.1) is 23.1 Å². The number of nitriles is 2. The second-order valence-corrected chi connectivity index (χ2v) is 10.3. The smallest absolute Gasteiger partial charge is 0.0991 e. The highest BCUT2D eigenvalue weighted by Crippen LogP contribution is 2.36. The second kappa shape index (κ2) is 11.0. The average molecular weight is 448 g/mol. The van der Waals surface area contributed by atoms with E-state index in [0.29, 0.717) is 11.5 Å². The van der Waals surface area contributed by atoms with Gasteiger partial charge in [-0.3, -0.25) is 0 Å². The molecule has 1 aliphatic carbocycles. The van der Waals surface area contributed by atoms with Crippen LogP contribution in [0.4, 0.5) is 0 Å². The van der Waals surface area contributed by atoms with Gasteiger partial charge in [0, 0.05) is 23.0 Å². The van der Waals surface area contributed by atoms with E-state index in [1.165, 1.54) is 37.7 Å². The van der Waals surface area contributed by atoms with Crippen molar-refractivity contribution in [3.8, 4) is 12.1 Å². The van der Waals surface area contributed by atoms with Crippen molar-refractivity contribution in [2.24, 2.45) is 11.3 Å². The molecule has 0 aromatic heterocycles. The highest BCUT2D eigenvalue weighted by Gasteiger charge is 2.38. The fourth-order valence-corrected chi connectivity index (χ4v) is 5.29. The lowest BCUT2D eigenvalue weighted by atomic mass is 9.72. The number of halogens is 1. The Balaban J connectivity index is 1.91. The maximum atomic E-state index is 9.95. The summed E-state index contributed by atoms with van der Waals surface area (Å²) in [6.07, 6.45) is 6.99. The van der Waals surface area contributed by atoms with Crippen molar-refractivity contribution in [3.05, 3.63) is 70.2 Å². The van der Waals surface area contributed by atoms with Crippen LogP contribution in [0.3, 0.4) is 0 Å². The van der Waals surface area contributed by atoms with Crippen molar-refractivity contribution in [1.82, 2.24) is 5.32 Å². The summed E-state index contributed by atoms with van der Waals surface area (Å²) in [5.41, 5.74) is 2.59. The quantitative estimate of drug-likeness (QED) is 0.473. The van der Waals surface area contributed by atoms with Crippen LogP contribution in [0.2, 0.25) is 5.02 Å². The van der Waals surface area contributed by atoms with Gasteiger partial charge in [-0.25, -0.2) is 0 Å². The topological polar surface area (TPSA) is 59.6 Å². The molecule has 1 fully saturated rings. The Morgan fingerprint density at radius 2 is 1.75 bits per heavy atom. The predicted octanol–water partition coefficient (Wildman–Crippen LogP) is 7.01. The lowest BCUT2D eigenvalue weighted by Gasteiger charge is -2.41. The third-order valence-corrected chi connectivity index (χ3v) is 7.30. The normalized spacial score (nSPS) is 17.7. The Labute approximate surface area is 198 Å². The first-order valence-electron chi connectivity index (χ1n) is 11.8. The lowest BCUT2D eigenvalue weighted by molar-refractivity contribution is 0.165. The van der Waals surface area contributed by atoms with E-state index in [-0.39, 0.29) is 18.0 Å². The molecule has 168 valence electrons. The van der Waals surface area contributed by atoms with E-state index in [1.807, 2.05) is 30.3 Å². The number of nitrogens with zero attached hydrogens (tertiary/aromatic N) is 2. The Bertz CT molecular complexity index is 961. The van der Waals surface area contributed by atoms with E-state index in [0.717, 1.165) is 17.0 Å². The molecule has 32 heavy (non-hydrogen) atoms. The molecule has 0 heterocycles. The van der Waals surface area contributed by atoms with Crippen LogP contribution in [0.15, 0.2) is 48.5 Å². The molecule has 0 amide bonds. The minimum atomic E-state index is -0.449. The maximum absolute atomic E-state index is 9.95. The summed E-state index contributed by atoms with van der Waals surface area (Å²) in [5, 5.41) is 24.0. The Morgan fingerprint density at radius 1 is 1.06 bits per heavy atom. The summed E-state index contributed by atoms with van der Waals surface area (Å²) in [6.45, 7) is 6.36. The van der Waals surface area contributed by atoms with Crippen molar-refractivity contribution >= 4 is 11.6 Å². The molecule has 1 aliphatic rings. The van der Waals surface area contributed by atoms with E-state index in [4.69, 9.17) is 11.6 Å². The molecule has 4 heteroatoms. The third-order valence-electron chi connectivity index (χ3n) is 7.05. The molecule has 2 aromatic rings. The predicted molar refractivity (Wildman–Crippen MR) is 131 cm³/mol. The van der Waals surface area contributed by atoms with Crippen LogP contribution >= 0.6 is 11.6 Å². The zero-order valence-electron chi connectivity index (χ0n) is 19.4. The van der Waals surface area contributed by atoms with Crippen LogP contribution in [0.5, 0.6) is 0 Å². The Morgan fingerprint density at radius 3 is 2.38 bits per heavy atom. The molecule has 1 unspecified atom stereocenters. The summed E-state index contributed by atoms with van der Waals surface area (Å²) in [5.74, 6) is 0.688. The van der Waals surface area contributed by atoms with Crippen molar-refractivity contribution in [2.45, 2.75) is 77.3 Å². The van der Waals surface area contributed by atoms with E-state index >= 15 is 0 Å². The molecule has 3 rings (SSSR count). The van der Waals surface area contributed by atoms with Gasteiger partial charge in [-0.05, 0) is 81.3 Å². The zero-order valence-corrected chi connectivity index (χ0v) is 20.2. The van der Waals surface area contributed by atoms with Crippen LogP contribution in [0.25, 0.3) is 0 Å². The molecule has 3 atom stereocenters. The minimum absolute atomic E-state index is 0.134. The largest absolute Gasteiger partial charge is 0.309 e. The Hall–Kier alpha value is -2.33. The molecule has 3 nitrogen and oxygen atoms in total. The summed E-state index contributed by atoms with van der Waals surface area (Å²) < 4.78 is 0. The summed E-state index contributed by atoms with van der Waals surface area (Å²) in [4.78, 5) is 0. The molecule has 2 aromatic carbocycles. The fourth-order valence-electron chi connectivity index (χ4n) is 5.17. The molecule has 0 spiro atoms. The summed E-state index contributed by atoms with van der Waals surface area (Å²) in [7, 11) is 0. The second-order valence-electron chi connectivity index (χ2n) is 9.84. The Kier molecular flexibility index (Phi) is 8.36. The van der Waals surface area contributed by atoms with Crippen LogP contribution in [-0.2, 0) is 6.42 Å². The highest BCUT2D eigenvalue weighted by atomic mass is 35.5. The van der Waals surface area contributed by atoms with Gasteiger partial charge in [0.15, 0.2) is 0 Å². The van der Waals surface area contributed by atoms with E-state index in [9.17, 15) is 10.5 Å². The van der Waals surface area contributed by atoms with Crippen LogP contribution < -0.4 is 5.32 Å². The number of benzene rings is 2. The standard InChI is InChI=1S/C28H34ClN3/c1-20(32-27(28(2,3)19-31)23-9-5-4-6-10-23)26(17-21-12-14-25(29)15-13-21)24-11-7-8-22(16-24)18-30/h7-8,11-16,20,23,26-27,32H,4-6,9-10,17H2,1-3H3/t20-,26?,27-/m0/s1. The van der Waals surface area contributed by atoms with Crippen molar-refractivity contribution in [3.63, 3.8) is 0 Å². The summed E-state index contributed by atoms with van der Waals surface area (Å²) >= 11 is 6.11. The zero-order chi connectivity index (χ0) is 23.1. The van der Waals surface area contributed by atoms with Crippen molar-refractivity contribution in [1.29, 1.82) is 10.5 Å². The van der Waals surface area contributed by atoms with E-state index in [2.05, 4.69) is 56.4 Å². The van der Waals surface area contributed by atoms with Crippen LogP contribution in [-0.4, -0.2) is 12.1 Å². The minimum Gasteiger partial charge on any atom is -0.309 e. The maximum Gasteiger partial charge on any atom is 0.0991 e. The van der Waals surface area contributed by atoms with Gasteiger partial charge in [-0.15, -0.1) is 0 Å². The molecular weight excluding hydrogens is 414 g/mol. The van der Waals surface area contributed by atoms with Crippen molar-refractivity contribution < 1.29 is 0 Å². The first-order chi connectivity index (χ1) is 15.3. The first-order valence-corrected chi connectivity index (χ1v) is 12.1. The highest BCUT2D eigenvalue weighted by molar-refractivity contribution is 6.30. The fraction of sp³-hybridized carbons (Fsp3) is 0.500. The van der Waals surface area contributed by atoms with Crippen LogP contribution in [0, 0.1) is 34.0 Å². The molecule has 0 bridgehead atoms. The SMILES string of the molecule is C[C@H](N[C@@H](C1CCCCC1)C(C)(C)C#N)C(Cc1ccc(Cl)cc1)c1cccc(C#N)c1. The van der Waals surface area contributed by atoms with Crippen molar-refractivity contribution in [2.75, 3.05) is 0 Å². The lowest BCUT2D eigenvalue weighted by Crippen LogP contribution is -2.52. The molecule has 1 N–H and O–H groups in total. The molecular formula is C28H34ClN3. The van der Waals surface area contributed by atoms with Gasteiger partial charge in [-0.1, -0.05) is 55.1 Å². The summed E-state index contributed by atoms with van der Waals surface area (Å²) in [6, 6.07) is 21.1. The van der Waals surface area contributed by atoms with Gasteiger partial charge in [-0.2, -0.15) is 10.5 Å². The van der Waals surface area contributed by atoms with Gasteiger partial charge in [0.1, 0.15) is 0 Å². The first kappa shape index (κ1) is 24.3. The van der Waals surface area contributed by atoms with Gasteiger partial charge in [0.2, 0.25) is 0 Å². The third kappa shape index (κ3) is 6.13. The van der Waals surface area contributed by atoms with E-state index < -0.39 is 5.41 Å². The van der Waals surface area contributed by atoms with Gasteiger partial charge < -0.3 is 5.32 Å². The average Bonchev–Trinajstić information content (AvgIpc) is 2.82. The number of hydrogen-bond donors (Lipinski definition) is 1. The molecule has 1 saturated carbocycles. The van der Waals surface area contributed by atoms with Crippen LogP contribution in [0.1, 0.15) is 75.5 Å². The number of rotatable bonds is 8. The van der Waals surface area contributed by atoms with E-state index in [1.54, 1.807) is 0 Å². The number of hydrogen-bond acceptors (Lipinski definition) is 3. The molecule has 0 radical (unpaired) electrons. The monoisotopic (exact) mass is 447 g/mol. The number of nitrogens with one attached hydrogen (secondary N) is 1. The molecule has 0 aliphatic heterocycles. The van der Waals surface area contributed by atoms with Gasteiger partial charge >= 0.3 is 0 Å². The molecule has 0 saturated heterocycles. The van der Waals surface area contributed by atoms with Gasteiger partial charge in [0.25, 0.3) is 0 Å².